The minimum atomic E-state index is -5.02. The number of rotatable bonds is 2. The Morgan fingerprint density at radius 3 is 1.97 bits per heavy atom. The van der Waals surface area contributed by atoms with Gasteiger partial charge in [-0.15, -0.1) is 5.10 Å². The molecule has 1 fully saturated rings. The number of hydrogen-bond donors (Lipinski definition) is 0. The minimum absolute atomic E-state index is 0.321. The molecule has 178 valence electrons. The van der Waals surface area contributed by atoms with Crippen molar-refractivity contribution >= 4 is 23.2 Å². The SMILES string of the molecule is Fc1cc(F)c(-c2c(Cl)nc3nc(C(F)(F)F)nn3c2N2CCC(C(F)(F)F)CC2)c(F)c1. The number of hydrogen-bond acceptors (Lipinski definition) is 4. The van der Waals surface area contributed by atoms with E-state index in [1.54, 1.807) is 0 Å². The highest BCUT2D eigenvalue weighted by Crippen LogP contribution is 2.42. The molecule has 0 bridgehead atoms. The molecule has 1 aliphatic heterocycles. The molecule has 3 aromatic rings. The van der Waals surface area contributed by atoms with Gasteiger partial charge in [-0.2, -0.15) is 40.8 Å². The van der Waals surface area contributed by atoms with E-state index < -0.39 is 82.3 Å². The monoisotopic (exact) mass is 503 g/mol. The van der Waals surface area contributed by atoms with Crippen LogP contribution < -0.4 is 4.90 Å². The molecule has 33 heavy (non-hydrogen) atoms. The normalized spacial score (nSPS) is 16.1. The quantitative estimate of drug-likeness (QED) is 0.334. The Morgan fingerprint density at radius 2 is 1.45 bits per heavy atom. The number of nitrogens with zero attached hydrogens (tertiary/aromatic N) is 5. The Bertz CT molecular complexity index is 1190. The van der Waals surface area contributed by atoms with E-state index in [-0.39, 0.29) is 13.1 Å². The van der Waals surface area contributed by atoms with Crippen LogP contribution in [0.25, 0.3) is 16.9 Å². The highest BCUT2D eigenvalue weighted by molar-refractivity contribution is 6.33. The molecule has 0 radical (unpaired) electrons. The van der Waals surface area contributed by atoms with Crippen LogP contribution in [0.5, 0.6) is 0 Å². The molecule has 0 aliphatic carbocycles. The summed E-state index contributed by atoms with van der Waals surface area (Å²) in [6.45, 7) is -0.698. The maximum Gasteiger partial charge on any atom is 0.453 e. The van der Waals surface area contributed by atoms with Gasteiger partial charge in [0.15, 0.2) is 0 Å². The van der Waals surface area contributed by atoms with Crippen molar-refractivity contribution in [3.63, 3.8) is 0 Å². The first kappa shape index (κ1) is 23.4. The van der Waals surface area contributed by atoms with E-state index in [9.17, 15) is 39.5 Å². The van der Waals surface area contributed by atoms with Gasteiger partial charge in [0.1, 0.15) is 28.4 Å². The fraction of sp³-hybridized carbons (Fsp3) is 0.389. The Labute approximate surface area is 183 Å². The summed E-state index contributed by atoms with van der Waals surface area (Å²) >= 11 is 6.06. The molecule has 3 heterocycles. The van der Waals surface area contributed by atoms with Crippen LogP contribution in [0.1, 0.15) is 18.7 Å². The maximum atomic E-state index is 14.6. The number of halogens is 10. The van der Waals surface area contributed by atoms with E-state index in [1.165, 1.54) is 0 Å². The second-order valence-electron chi connectivity index (χ2n) is 7.29. The van der Waals surface area contributed by atoms with Crippen LogP contribution in [0.2, 0.25) is 5.15 Å². The van der Waals surface area contributed by atoms with Crippen molar-refractivity contribution in [2.75, 3.05) is 18.0 Å². The predicted molar refractivity (Wildman–Crippen MR) is 97.1 cm³/mol. The molecule has 1 saturated heterocycles. The number of alkyl halides is 6. The first-order valence-corrected chi connectivity index (χ1v) is 9.65. The summed E-state index contributed by atoms with van der Waals surface area (Å²) in [7, 11) is 0. The van der Waals surface area contributed by atoms with E-state index in [0.717, 1.165) is 4.90 Å². The van der Waals surface area contributed by atoms with Crippen LogP contribution in [0.15, 0.2) is 12.1 Å². The van der Waals surface area contributed by atoms with Crippen LogP contribution in [0.4, 0.5) is 45.3 Å². The van der Waals surface area contributed by atoms with Gasteiger partial charge in [-0.25, -0.2) is 13.2 Å². The average molecular weight is 504 g/mol. The zero-order valence-electron chi connectivity index (χ0n) is 16.1. The van der Waals surface area contributed by atoms with Gasteiger partial charge >= 0.3 is 12.4 Å². The van der Waals surface area contributed by atoms with Crippen molar-refractivity contribution in [3.8, 4) is 11.1 Å². The summed E-state index contributed by atoms with van der Waals surface area (Å²) in [5, 5.41) is 2.61. The maximum absolute atomic E-state index is 14.6. The molecular formula is C18H11ClF9N5. The van der Waals surface area contributed by atoms with Crippen molar-refractivity contribution < 1.29 is 39.5 Å². The van der Waals surface area contributed by atoms with Crippen LogP contribution in [0.3, 0.4) is 0 Å². The molecule has 1 aromatic carbocycles. The molecule has 0 spiro atoms. The molecule has 0 N–H and O–H groups in total. The zero-order chi connectivity index (χ0) is 24.3. The number of aromatic nitrogens is 4. The van der Waals surface area contributed by atoms with Gasteiger partial charge in [0.2, 0.25) is 0 Å². The smallest absolute Gasteiger partial charge is 0.356 e. The van der Waals surface area contributed by atoms with Crippen LogP contribution in [-0.2, 0) is 6.18 Å². The molecule has 1 aliphatic rings. The van der Waals surface area contributed by atoms with Gasteiger partial charge in [0.25, 0.3) is 11.6 Å². The van der Waals surface area contributed by atoms with E-state index in [0.29, 0.717) is 16.6 Å². The molecule has 5 nitrogen and oxygen atoms in total. The summed E-state index contributed by atoms with van der Waals surface area (Å²) in [6, 6.07) is 0.641. The van der Waals surface area contributed by atoms with Crippen LogP contribution >= 0.6 is 11.6 Å². The predicted octanol–water partition coefficient (Wildman–Crippen LogP) is 5.66. The lowest BCUT2D eigenvalue weighted by Gasteiger charge is -2.35. The fourth-order valence-corrected chi connectivity index (χ4v) is 3.94. The van der Waals surface area contributed by atoms with Crippen molar-refractivity contribution in [2.45, 2.75) is 25.2 Å². The van der Waals surface area contributed by atoms with Gasteiger partial charge in [-0.1, -0.05) is 11.6 Å². The average Bonchev–Trinajstić information content (AvgIpc) is 3.11. The number of anilines is 1. The highest BCUT2D eigenvalue weighted by atomic mass is 35.5. The lowest BCUT2D eigenvalue weighted by molar-refractivity contribution is -0.179. The van der Waals surface area contributed by atoms with Gasteiger partial charge in [-0.3, -0.25) is 0 Å². The summed E-state index contributed by atoms with van der Waals surface area (Å²) in [5.74, 6) is -8.62. The molecule has 0 atom stereocenters. The Morgan fingerprint density at radius 1 is 0.879 bits per heavy atom. The standard InChI is InChI=1S/C18H11ClF9N5/c19-13-12(11-9(21)5-8(20)6-10(11)22)14(32-3-1-7(2-4-32)17(23,24)25)33-16(29-13)30-15(31-33)18(26,27)28/h5-7H,1-4H2. The molecule has 0 saturated carbocycles. The molecule has 0 amide bonds. The second-order valence-corrected chi connectivity index (χ2v) is 7.65. The second kappa shape index (κ2) is 7.92. The van der Waals surface area contributed by atoms with E-state index in [4.69, 9.17) is 11.6 Å². The van der Waals surface area contributed by atoms with Gasteiger partial charge < -0.3 is 4.90 Å². The lowest BCUT2D eigenvalue weighted by atomic mass is 9.95. The summed E-state index contributed by atoms with van der Waals surface area (Å²) in [5.41, 5.74) is -1.52. The van der Waals surface area contributed by atoms with Crippen LogP contribution in [0, 0.1) is 23.4 Å². The number of benzene rings is 1. The van der Waals surface area contributed by atoms with Crippen molar-refractivity contribution in [1.29, 1.82) is 0 Å². The molecule has 15 heteroatoms. The summed E-state index contributed by atoms with van der Waals surface area (Å²) in [4.78, 5) is 8.01. The molecular weight excluding hydrogens is 493 g/mol. The third-order valence-corrected chi connectivity index (χ3v) is 5.46. The number of piperidine rings is 1. The summed E-state index contributed by atoms with van der Waals surface area (Å²) in [6.07, 6.45) is -10.4. The minimum Gasteiger partial charge on any atom is -0.356 e. The van der Waals surface area contributed by atoms with Crippen molar-refractivity contribution in [3.05, 3.63) is 40.6 Å². The van der Waals surface area contributed by atoms with Gasteiger partial charge in [0.05, 0.1) is 17.0 Å². The topological polar surface area (TPSA) is 46.3 Å². The Balaban J connectivity index is 1.96. The highest BCUT2D eigenvalue weighted by Gasteiger charge is 2.43. The van der Waals surface area contributed by atoms with Crippen LogP contribution in [-0.4, -0.2) is 38.8 Å². The Hall–Kier alpha value is -2.77. The van der Waals surface area contributed by atoms with E-state index >= 15 is 0 Å². The van der Waals surface area contributed by atoms with Gasteiger partial charge in [-0.05, 0) is 12.8 Å². The van der Waals surface area contributed by atoms with Crippen molar-refractivity contribution in [1.82, 2.24) is 19.6 Å². The van der Waals surface area contributed by atoms with E-state index in [2.05, 4.69) is 15.1 Å². The zero-order valence-corrected chi connectivity index (χ0v) is 16.8. The third kappa shape index (κ3) is 4.27. The number of fused-ring (bicyclic) bond motifs is 1. The van der Waals surface area contributed by atoms with E-state index in [1.807, 2.05) is 0 Å². The lowest BCUT2D eigenvalue weighted by Crippen LogP contribution is -2.40. The summed E-state index contributed by atoms with van der Waals surface area (Å²) < 4.78 is 122. The first-order chi connectivity index (χ1) is 15.3. The van der Waals surface area contributed by atoms with Gasteiger partial charge in [0, 0.05) is 25.2 Å². The third-order valence-electron chi connectivity index (χ3n) is 5.19. The fourth-order valence-electron chi connectivity index (χ4n) is 3.69. The largest absolute Gasteiger partial charge is 0.453 e. The Kier molecular flexibility index (Phi) is 5.61. The molecule has 0 unspecified atom stereocenters. The molecule has 2 aromatic heterocycles. The molecule has 4 rings (SSSR count). The first-order valence-electron chi connectivity index (χ1n) is 9.27. The van der Waals surface area contributed by atoms with Crippen molar-refractivity contribution in [2.24, 2.45) is 5.92 Å².